The second-order valence-corrected chi connectivity index (χ2v) is 6.53. The summed E-state index contributed by atoms with van der Waals surface area (Å²) >= 11 is 0. The molecular formula is C18H22O2. The molecule has 0 radical (unpaired) electrons. The largest absolute Gasteiger partial charge is 0.381 e. The third-order valence-corrected chi connectivity index (χ3v) is 5.47. The number of carbonyl (C=O) groups is 1. The minimum absolute atomic E-state index is 0.0939. The van der Waals surface area contributed by atoms with E-state index in [4.69, 9.17) is 0 Å². The summed E-state index contributed by atoms with van der Waals surface area (Å²) in [6, 6.07) is 0. The molecule has 1 atom stereocenters. The third-order valence-electron chi connectivity index (χ3n) is 5.47. The van der Waals surface area contributed by atoms with Crippen molar-refractivity contribution in [1.82, 2.24) is 0 Å². The molecule has 1 saturated carbocycles. The smallest absolute Gasteiger partial charge is 0.195 e. The summed E-state index contributed by atoms with van der Waals surface area (Å²) in [5, 5.41) is 10.7. The van der Waals surface area contributed by atoms with Gasteiger partial charge in [-0.2, -0.15) is 0 Å². The highest BCUT2D eigenvalue weighted by Gasteiger charge is 2.64. The quantitative estimate of drug-likeness (QED) is 0.795. The van der Waals surface area contributed by atoms with Crippen LogP contribution in [0.2, 0.25) is 0 Å². The van der Waals surface area contributed by atoms with Crippen LogP contribution in [0.25, 0.3) is 0 Å². The fraction of sp³-hybridized carbons (Fsp3) is 0.500. The molecule has 1 fully saturated rings. The predicted octanol–water partition coefficient (Wildman–Crippen LogP) is 3.64. The topological polar surface area (TPSA) is 37.3 Å². The monoisotopic (exact) mass is 270 g/mol. The fourth-order valence-electron chi connectivity index (χ4n) is 3.98. The lowest BCUT2D eigenvalue weighted by molar-refractivity contribution is -0.137. The normalized spacial score (nSPS) is 30.8. The summed E-state index contributed by atoms with van der Waals surface area (Å²) in [6.45, 7) is 9.64. The maximum Gasteiger partial charge on any atom is 0.195 e. The lowest BCUT2D eigenvalue weighted by atomic mass is 9.67. The van der Waals surface area contributed by atoms with Crippen LogP contribution in [0.4, 0.5) is 0 Å². The van der Waals surface area contributed by atoms with E-state index in [0.29, 0.717) is 0 Å². The number of ketones is 1. The second-order valence-electron chi connectivity index (χ2n) is 6.53. The van der Waals surface area contributed by atoms with Crippen molar-refractivity contribution >= 4 is 5.78 Å². The van der Waals surface area contributed by atoms with Gasteiger partial charge >= 0.3 is 0 Å². The minimum Gasteiger partial charge on any atom is -0.381 e. The molecule has 2 heteroatoms. The van der Waals surface area contributed by atoms with Crippen LogP contribution in [0.5, 0.6) is 0 Å². The molecule has 2 nitrogen and oxygen atoms in total. The Balaban J connectivity index is 2.15. The van der Waals surface area contributed by atoms with Gasteiger partial charge in [-0.3, -0.25) is 4.79 Å². The Morgan fingerprint density at radius 1 is 1.40 bits per heavy atom. The summed E-state index contributed by atoms with van der Waals surface area (Å²) < 4.78 is 0. The van der Waals surface area contributed by atoms with E-state index in [-0.39, 0.29) is 11.2 Å². The van der Waals surface area contributed by atoms with Crippen LogP contribution < -0.4 is 0 Å². The molecule has 0 aromatic carbocycles. The Morgan fingerprint density at radius 3 is 2.60 bits per heavy atom. The molecular weight excluding hydrogens is 248 g/mol. The summed E-state index contributed by atoms with van der Waals surface area (Å²) in [4.78, 5) is 12.7. The first-order valence-corrected chi connectivity index (χ1v) is 7.38. The van der Waals surface area contributed by atoms with Crippen LogP contribution in [0.15, 0.2) is 46.6 Å². The molecule has 0 amide bonds. The van der Waals surface area contributed by atoms with Crippen molar-refractivity contribution in [3.05, 3.63) is 46.6 Å². The average molecular weight is 270 g/mol. The number of rotatable bonds is 3. The number of Topliss-reactive ketones (excluding diaryl/α,β-unsaturated/α-hetero) is 1. The molecule has 0 saturated heterocycles. The Morgan fingerprint density at radius 2 is 2.05 bits per heavy atom. The predicted molar refractivity (Wildman–Crippen MR) is 80.2 cm³/mol. The highest BCUT2D eigenvalue weighted by Crippen LogP contribution is 2.65. The van der Waals surface area contributed by atoms with Gasteiger partial charge in [0.25, 0.3) is 0 Å². The summed E-state index contributed by atoms with van der Waals surface area (Å²) in [5.41, 5.74) is 3.95. The van der Waals surface area contributed by atoms with Crippen LogP contribution in [0.1, 0.15) is 46.5 Å². The van der Waals surface area contributed by atoms with Crippen LogP contribution in [0.3, 0.4) is 0 Å². The lowest BCUT2D eigenvalue weighted by Gasteiger charge is -2.39. The molecule has 0 bridgehead atoms. The lowest BCUT2D eigenvalue weighted by Crippen LogP contribution is -2.49. The van der Waals surface area contributed by atoms with E-state index in [0.717, 1.165) is 42.4 Å². The van der Waals surface area contributed by atoms with E-state index in [1.54, 1.807) is 6.92 Å². The number of fused-ring (bicyclic) bond motifs is 1. The van der Waals surface area contributed by atoms with Crippen LogP contribution >= 0.6 is 0 Å². The van der Waals surface area contributed by atoms with Gasteiger partial charge in [-0.05, 0) is 69.2 Å². The van der Waals surface area contributed by atoms with Gasteiger partial charge in [0, 0.05) is 11.0 Å². The van der Waals surface area contributed by atoms with Gasteiger partial charge in [-0.15, -0.1) is 6.58 Å². The first kappa shape index (κ1) is 13.6. The molecule has 106 valence electrons. The number of hydrogen-bond acceptors (Lipinski definition) is 2. The van der Waals surface area contributed by atoms with Gasteiger partial charge in [0.1, 0.15) is 5.60 Å². The van der Waals surface area contributed by atoms with Gasteiger partial charge in [0.15, 0.2) is 5.78 Å². The third kappa shape index (κ3) is 1.46. The van der Waals surface area contributed by atoms with Gasteiger partial charge in [-0.1, -0.05) is 11.6 Å². The van der Waals surface area contributed by atoms with Crippen LogP contribution in [-0.4, -0.2) is 16.5 Å². The van der Waals surface area contributed by atoms with Crippen molar-refractivity contribution in [2.24, 2.45) is 5.41 Å². The van der Waals surface area contributed by atoms with Crippen molar-refractivity contribution in [2.45, 2.75) is 52.1 Å². The Kier molecular flexibility index (Phi) is 2.74. The van der Waals surface area contributed by atoms with E-state index >= 15 is 0 Å². The van der Waals surface area contributed by atoms with E-state index in [2.05, 4.69) is 20.4 Å². The van der Waals surface area contributed by atoms with E-state index in [1.807, 2.05) is 12.2 Å². The molecule has 3 rings (SSSR count). The van der Waals surface area contributed by atoms with Crippen molar-refractivity contribution in [3.8, 4) is 0 Å². The Bertz CT molecular complexity index is 607. The van der Waals surface area contributed by atoms with Gasteiger partial charge in [0.05, 0.1) is 0 Å². The zero-order chi connectivity index (χ0) is 14.7. The molecule has 1 N–H and O–H groups in total. The number of carbonyl (C=O) groups excluding carboxylic acids is 1. The highest BCUT2D eigenvalue weighted by atomic mass is 16.3. The highest BCUT2D eigenvalue weighted by molar-refractivity contribution is 6.10. The number of hydrogen-bond donors (Lipinski definition) is 1. The van der Waals surface area contributed by atoms with Crippen molar-refractivity contribution in [1.29, 1.82) is 0 Å². The molecule has 0 aliphatic heterocycles. The molecule has 0 unspecified atom stereocenters. The van der Waals surface area contributed by atoms with Gasteiger partial charge in [0.2, 0.25) is 0 Å². The molecule has 3 aliphatic carbocycles. The first-order chi connectivity index (χ1) is 9.37. The molecule has 1 spiro atoms. The average Bonchev–Trinajstić information content (AvgIpc) is 3.14. The SMILES string of the molecule is C=CCCC1=C(C)C=C2C(=O)[C@](C)(O)C3(CC3)C(C)=C21. The Labute approximate surface area is 120 Å². The number of allylic oxidation sites excluding steroid dienone is 5. The van der Waals surface area contributed by atoms with Crippen LogP contribution in [0, 0.1) is 5.41 Å². The summed E-state index contributed by atoms with van der Waals surface area (Å²) in [7, 11) is 0. The molecule has 20 heavy (non-hydrogen) atoms. The maximum atomic E-state index is 12.7. The zero-order valence-corrected chi connectivity index (χ0v) is 12.5. The first-order valence-electron chi connectivity index (χ1n) is 7.38. The van der Waals surface area contributed by atoms with Crippen molar-refractivity contribution in [2.75, 3.05) is 0 Å². The van der Waals surface area contributed by atoms with E-state index in [9.17, 15) is 9.90 Å². The van der Waals surface area contributed by atoms with Crippen molar-refractivity contribution < 1.29 is 9.90 Å². The second kappa shape index (κ2) is 4.05. The molecule has 0 aromatic rings. The van der Waals surface area contributed by atoms with Gasteiger partial charge < -0.3 is 5.11 Å². The number of aliphatic hydroxyl groups is 1. The fourth-order valence-corrected chi connectivity index (χ4v) is 3.98. The molecule has 0 heterocycles. The molecule has 0 aromatic heterocycles. The minimum atomic E-state index is -1.24. The maximum absolute atomic E-state index is 12.7. The van der Waals surface area contributed by atoms with Crippen LogP contribution in [-0.2, 0) is 4.79 Å². The molecule has 3 aliphatic rings. The Hall–Kier alpha value is -1.41. The van der Waals surface area contributed by atoms with E-state index in [1.165, 1.54) is 11.1 Å². The van der Waals surface area contributed by atoms with E-state index < -0.39 is 5.60 Å². The van der Waals surface area contributed by atoms with Gasteiger partial charge in [-0.25, -0.2) is 0 Å². The zero-order valence-electron chi connectivity index (χ0n) is 12.5. The summed E-state index contributed by atoms with van der Waals surface area (Å²) in [5.74, 6) is -0.0939. The van der Waals surface area contributed by atoms with Crippen molar-refractivity contribution in [3.63, 3.8) is 0 Å². The summed E-state index contributed by atoms with van der Waals surface area (Å²) in [6.07, 6.45) is 7.56. The standard InChI is InChI=1S/C18H22O2/c1-5-6-7-13-11(2)10-14-15(13)12(3)18(8-9-18)17(4,20)16(14)19/h5,10,20H,1,6-9H2,2-4H3/t17-/m0/s1.